The highest BCUT2D eigenvalue weighted by molar-refractivity contribution is 7.99. The van der Waals surface area contributed by atoms with Gasteiger partial charge in [0, 0.05) is 18.8 Å². The number of hydrogen-bond donors (Lipinski definition) is 1. The zero-order valence-corrected chi connectivity index (χ0v) is 9.82. The number of hydrogen-bond acceptors (Lipinski definition) is 4. The first-order valence-electron chi connectivity index (χ1n) is 4.98. The van der Waals surface area contributed by atoms with Crippen LogP contribution in [0.25, 0.3) is 0 Å². The summed E-state index contributed by atoms with van der Waals surface area (Å²) in [5, 5.41) is 3.94. The predicted molar refractivity (Wildman–Crippen MR) is 62.0 cm³/mol. The number of rotatable bonds is 5. The smallest absolute Gasteiger partial charge is 0.189 e. The molecule has 0 aliphatic carbocycles. The van der Waals surface area contributed by atoms with Gasteiger partial charge in [0.2, 0.25) is 0 Å². The Kier molecular flexibility index (Phi) is 4.73. The van der Waals surface area contributed by atoms with Crippen LogP contribution in [-0.4, -0.2) is 22.8 Å². The third kappa shape index (κ3) is 3.18. The van der Waals surface area contributed by atoms with Crippen molar-refractivity contribution in [1.29, 1.82) is 0 Å². The van der Waals surface area contributed by atoms with E-state index in [0.29, 0.717) is 0 Å². The van der Waals surface area contributed by atoms with Crippen LogP contribution in [0.15, 0.2) is 11.2 Å². The zero-order valence-electron chi connectivity index (χ0n) is 9.00. The topological polar surface area (TPSA) is 37.8 Å². The number of anilines is 1. The predicted octanol–water partition coefficient (Wildman–Crippen LogP) is 2.58. The molecule has 0 aromatic carbocycles. The highest BCUT2D eigenvalue weighted by Crippen LogP contribution is 2.16. The molecule has 0 aliphatic rings. The van der Waals surface area contributed by atoms with Gasteiger partial charge in [-0.05, 0) is 12.2 Å². The van der Waals surface area contributed by atoms with E-state index in [-0.39, 0.29) is 0 Å². The number of nitrogens with one attached hydrogen (secondary N) is 1. The fourth-order valence-electron chi connectivity index (χ4n) is 1.18. The van der Waals surface area contributed by atoms with Gasteiger partial charge >= 0.3 is 0 Å². The fourth-order valence-corrected chi connectivity index (χ4v) is 1.78. The van der Waals surface area contributed by atoms with Gasteiger partial charge in [0.1, 0.15) is 5.82 Å². The normalized spacial score (nSPS) is 10.2. The molecule has 0 bridgehead atoms. The van der Waals surface area contributed by atoms with Crippen molar-refractivity contribution in [3.63, 3.8) is 0 Å². The Bertz CT molecular complexity index is 264. The average Bonchev–Trinajstić information content (AvgIpc) is 2.18. The largest absolute Gasteiger partial charge is 0.373 e. The molecule has 3 nitrogen and oxygen atoms in total. The molecule has 1 heterocycles. The minimum Gasteiger partial charge on any atom is -0.373 e. The molecule has 0 unspecified atom stereocenters. The number of thioether (sulfide) groups is 1. The van der Waals surface area contributed by atoms with Gasteiger partial charge in [-0.25, -0.2) is 9.97 Å². The zero-order chi connectivity index (χ0) is 10.4. The Hall–Kier alpha value is -0.770. The molecule has 14 heavy (non-hydrogen) atoms. The minimum atomic E-state index is 0.878. The summed E-state index contributed by atoms with van der Waals surface area (Å²) in [4.78, 5) is 8.84. The summed E-state index contributed by atoms with van der Waals surface area (Å²) in [5.41, 5.74) is 1.13. The first kappa shape index (κ1) is 11.3. The molecule has 0 radical (unpaired) electrons. The third-order valence-electron chi connectivity index (χ3n) is 1.79. The lowest BCUT2D eigenvalue weighted by Crippen LogP contribution is -2.00. The summed E-state index contributed by atoms with van der Waals surface area (Å²) in [7, 11) is 1.89. The Labute approximate surface area is 89.7 Å². The van der Waals surface area contributed by atoms with E-state index >= 15 is 0 Å². The van der Waals surface area contributed by atoms with Crippen LogP contribution in [0.5, 0.6) is 0 Å². The van der Waals surface area contributed by atoms with Crippen LogP contribution in [-0.2, 0) is 6.42 Å². The van der Waals surface area contributed by atoms with Crippen molar-refractivity contribution >= 4 is 17.6 Å². The number of nitrogens with zero attached hydrogens (tertiary/aromatic N) is 2. The second-order valence-corrected chi connectivity index (χ2v) is 4.19. The number of aryl methyl sites for hydroxylation is 1. The summed E-state index contributed by atoms with van der Waals surface area (Å²) in [5.74, 6) is 1.93. The molecule has 1 N–H and O–H groups in total. The van der Waals surface area contributed by atoms with Crippen molar-refractivity contribution in [2.75, 3.05) is 18.1 Å². The van der Waals surface area contributed by atoms with Crippen molar-refractivity contribution in [1.82, 2.24) is 9.97 Å². The standard InChI is InChI=1S/C10H17N3S/c1-4-6-8-7-9(11-3)13-10(12-8)14-5-2/h7H,4-6H2,1-3H3,(H,11,12,13). The molecule has 4 heteroatoms. The van der Waals surface area contributed by atoms with Gasteiger partial charge in [0.25, 0.3) is 0 Å². The fraction of sp³-hybridized carbons (Fsp3) is 0.600. The first-order valence-corrected chi connectivity index (χ1v) is 5.97. The molecule has 0 fully saturated rings. The Morgan fingerprint density at radius 1 is 1.36 bits per heavy atom. The summed E-state index contributed by atoms with van der Waals surface area (Å²) in [6.45, 7) is 4.27. The maximum absolute atomic E-state index is 4.47. The summed E-state index contributed by atoms with van der Waals surface area (Å²) in [6, 6.07) is 2.02. The molecular weight excluding hydrogens is 194 g/mol. The summed E-state index contributed by atoms with van der Waals surface area (Å²) >= 11 is 1.68. The van der Waals surface area contributed by atoms with Crippen LogP contribution in [0.1, 0.15) is 26.0 Å². The summed E-state index contributed by atoms with van der Waals surface area (Å²) < 4.78 is 0. The van der Waals surface area contributed by atoms with Crippen LogP contribution < -0.4 is 5.32 Å². The van der Waals surface area contributed by atoms with Gasteiger partial charge < -0.3 is 5.32 Å². The van der Waals surface area contributed by atoms with Gasteiger partial charge in [-0.15, -0.1) is 0 Å². The molecule has 0 amide bonds. The Balaban J connectivity index is 2.88. The van der Waals surface area contributed by atoms with Crippen LogP contribution in [0.4, 0.5) is 5.82 Å². The lowest BCUT2D eigenvalue weighted by Gasteiger charge is -2.05. The van der Waals surface area contributed by atoms with Gasteiger partial charge in [-0.1, -0.05) is 32.0 Å². The molecule has 0 spiro atoms. The van der Waals surface area contributed by atoms with Crippen molar-refractivity contribution in [2.45, 2.75) is 31.8 Å². The van der Waals surface area contributed by atoms with E-state index in [2.05, 4.69) is 29.1 Å². The maximum Gasteiger partial charge on any atom is 0.189 e. The second kappa shape index (κ2) is 5.86. The van der Waals surface area contributed by atoms with E-state index in [9.17, 15) is 0 Å². The Morgan fingerprint density at radius 2 is 2.14 bits per heavy atom. The molecule has 1 rings (SSSR count). The molecule has 0 saturated heterocycles. The van der Waals surface area contributed by atoms with Crippen LogP contribution in [0.2, 0.25) is 0 Å². The van der Waals surface area contributed by atoms with Gasteiger partial charge in [-0.3, -0.25) is 0 Å². The van der Waals surface area contributed by atoms with Crippen LogP contribution in [0, 0.1) is 0 Å². The SMILES string of the molecule is CCCc1cc(NC)nc(SCC)n1. The Morgan fingerprint density at radius 3 is 2.71 bits per heavy atom. The second-order valence-electron chi connectivity index (χ2n) is 2.96. The van der Waals surface area contributed by atoms with Gasteiger partial charge in [0.15, 0.2) is 5.16 Å². The van der Waals surface area contributed by atoms with E-state index in [0.717, 1.165) is 35.3 Å². The molecule has 0 atom stereocenters. The lowest BCUT2D eigenvalue weighted by molar-refractivity contribution is 0.830. The maximum atomic E-state index is 4.47. The van der Waals surface area contributed by atoms with Crippen molar-refractivity contribution in [3.05, 3.63) is 11.8 Å². The van der Waals surface area contributed by atoms with E-state index in [1.54, 1.807) is 11.8 Å². The number of aromatic nitrogens is 2. The quantitative estimate of drug-likeness (QED) is 0.600. The molecular formula is C10H17N3S. The minimum absolute atomic E-state index is 0.878. The monoisotopic (exact) mass is 211 g/mol. The van der Waals surface area contributed by atoms with Gasteiger partial charge in [0.05, 0.1) is 0 Å². The van der Waals surface area contributed by atoms with E-state index in [1.165, 1.54) is 0 Å². The van der Waals surface area contributed by atoms with Gasteiger partial charge in [-0.2, -0.15) is 0 Å². The van der Waals surface area contributed by atoms with Crippen molar-refractivity contribution in [2.24, 2.45) is 0 Å². The lowest BCUT2D eigenvalue weighted by atomic mass is 10.2. The molecule has 0 saturated carbocycles. The van der Waals surface area contributed by atoms with E-state index < -0.39 is 0 Å². The highest BCUT2D eigenvalue weighted by Gasteiger charge is 2.02. The van der Waals surface area contributed by atoms with Crippen LogP contribution >= 0.6 is 11.8 Å². The van der Waals surface area contributed by atoms with E-state index in [1.807, 2.05) is 13.1 Å². The van der Waals surface area contributed by atoms with Crippen molar-refractivity contribution in [3.8, 4) is 0 Å². The van der Waals surface area contributed by atoms with Crippen molar-refractivity contribution < 1.29 is 0 Å². The molecule has 1 aromatic rings. The first-order chi connectivity index (χ1) is 6.80. The summed E-state index contributed by atoms with van der Waals surface area (Å²) in [6.07, 6.45) is 2.14. The molecule has 78 valence electrons. The van der Waals surface area contributed by atoms with E-state index in [4.69, 9.17) is 0 Å². The molecule has 1 aromatic heterocycles. The van der Waals surface area contributed by atoms with Crippen LogP contribution in [0.3, 0.4) is 0 Å². The molecule has 0 aliphatic heterocycles. The highest BCUT2D eigenvalue weighted by atomic mass is 32.2. The third-order valence-corrected chi connectivity index (χ3v) is 2.52. The average molecular weight is 211 g/mol.